The molecule has 154 valence electrons. The molecule has 0 saturated carbocycles. The zero-order valence-electron chi connectivity index (χ0n) is 16.3. The van der Waals surface area contributed by atoms with Crippen molar-refractivity contribution in [3.05, 3.63) is 35.9 Å². The number of aliphatic carboxylic acids is 1. The van der Waals surface area contributed by atoms with Gasteiger partial charge in [-0.25, -0.2) is 4.79 Å². The lowest BCUT2D eigenvalue weighted by Crippen LogP contribution is -2.54. The molecule has 0 bridgehead atoms. The first-order valence-corrected chi connectivity index (χ1v) is 9.51. The first kappa shape index (κ1) is 21.8. The number of hydrogen-bond donors (Lipinski definition) is 2. The molecule has 8 heteroatoms. The first-order chi connectivity index (χ1) is 13.4. The second kappa shape index (κ2) is 10.8. The van der Waals surface area contributed by atoms with Gasteiger partial charge in [0.25, 0.3) is 0 Å². The molecule has 1 aromatic carbocycles. The molecule has 2 N–H and O–H groups in total. The molecule has 1 fully saturated rings. The Morgan fingerprint density at radius 3 is 2.64 bits per heavy atom. The van der Waals surface area contributed by atoms with Gasteiger partial charge >= 0.3 is 11.9 Å². The summed E-state index contributed by atoms with van der Waals surface area (Å²) in [4.78, 5) is 37.6. The molecule has 0 aromatic heterocycles. The van der Waals surface area contributed by atoms with Crippen LogP contribution in [0.15, 0.2) is 30.3 Å². The van der Waals surface area contributed by atoms with Crippen LogP contribution in [-0.2, 0) is 30.5 Å². The van der Waals surface area contributed by atoms with Gasteiger partial charge < -0.3 is 19.5 Å². The van der Waals surface area contributed by atoms with E-state index < -0.39 is 30.1 Å². The van der Waals surface area contributed by atoms with Crippen molar-refractivity contribution >= 4 is 17.8 Å². The lowest BCUT2D eigenvalue weighted by molar-refractivity contribution is -0.151. The zero-order chi connectivity index (χ0) is 20.5. The fraction of sp³-hybridized carbons (Fsp3) is 0.550. The highest BCUT2D eigenvalue weighted by Gasteiger charge is 2.37. The number of likely N-dealkylation sites (tertiary alicyclic amines) is 1. The molecule has 1 aliphatic heterocycles. The van der Waals surface area contributed by atoms with Gasteiger partial charge in [-0.05, 0) is 32.3 Å². The number of ether oxygens (including phenoxy) is 2. The van der Waals surface area contributed by atoms with E-state index in [1.54, 1.807) is 13.8 Å². The predicted octanol–water partition coefficient (Wildman–Crippen LogP) is 1.19. The van der Waals surface area contributed by atoms with Crippen molar-refractivity contribution in [2.45, 2.75) is 51.4 Å². The van der Waals surface area contributed by atoms with Crippen molar-refractivity contribution in [1.82, 2.24) is 10.2 Å². The minimum atomic E-state index is -1.01. The average molecular weight is 392 g/mol. The lowest BCUT2D eigenvalue weighted by atomic mass is 10.2. The van der Waals surface area contributed by atoms with E-state index in [1.807, 2.05) is 30.3 Å². The topological polar surface area (TPSA) is 105 Å². The molecule has 0 aliphatic carbocycles. The quantitative estimate of drug-likeness (QED) is 0.576. The molecule has 1 heterocycles. The van der Waals surface area contributed by atoms with E-state index in [4.69, 9.17) is 9.47 Å². The van der Waals surface area contributed by atoms with E-state index in [0.717, 1.165) is 5.56 Å². The van der Waals surface area contributed by atoms with Crippen LogP contribution in [0.2, 0.25) is 0 Å². The van der Waals surface area contributed by atoms with E-state index in [2.05, 4.69) is 5.32 Å². The standard InChI is InChI=1S/C20H28N2O6/c1-3-28-20(26)16(13-27-12-15-8-5-4-6-9-15)21-14(2)18(23)22-11-7-10-17(22)19(24)25/h4-6,8-9,14,16-17,21H,3,7,10-13H2,1-2H3,(H,24,25)/t14-,16-,17-/m0/s1. The number of benzene rings is 1. The second-order valence-corrected chi connectivity index (χ2v) is 6.72. The van der Waals surface area contributed by atoms with Gasteiger partial charge in [-0.15, -0.1) is 0 Å². The molecule has 1 amide bonds. The largest absolute Gasteiger partial charge is 0.480 e. The summed E-state index contributed by atoms with van der Waals surface area (Å²) < 4.78 is 10.7. The number of nitrogens with zero attached hydrogens (tertiary/aromatic N) is 1. The van der Waals surface area contributed by atoms with Crippen LogP contribution in [0.5, 0.6) is 0 Å². The summed E-state index contributed by atoms with van der Waals surface area (Å²) in [7, 11) is 0. The van der Waals surface area contributed by atoms with Crippen LogP contribution in [0, 0.1) is 0 Å². The second-order valence-electron chi connectivity index (χ2n) is 6.72. The highest BCUT2D eigenvalue weighted by Crippen LogP contribution is 2.18. The molecular formula is C20H28N2O6. The molecular weight excluding hydrogens is 364 g/mol. The predicted molar refractivity (Wildman–Crippen MR) is 101 cm³/mol. The fourth-order valence-corrected chi connectivity index (χ4v) is 3.20. The van der Waals surface area contributed by atoms with Crippen molar-refractivity contribution in [2.75, 3.05) is 19.8 Å². The number of carbonyl (C=O) groups is 3. The number of carboxylic acid groups (broad SMARTS) is 1. The van der Waals surface area contributed by atoms with Gasteiger partial charge in [0.2, 0.25) is 5.91 Å². The molecule has 0 unspecified atom stereocenters. The molecule has 1 saturated heterocycles. The molecule has 28 heavy (non-hydrogen) atoms. The molecule has 0 radical (unpaired) electrons. The summed E-state index contributed by atoms with van der Waals surface area (Å²) in [5, 5.41) is 12.2. The maximum absolute atomic E-state index is 12.7. The van der Waals surface area contributed by atoms with E-state index in [1.165, 1.54) is 4.90 Å². The highest BCUT2D eigenvalue weighted by atomic mass is 16.5. The summed E-state index contributed by atoms with van der Waals surface area (Å²) in [5.41, 5.74) is 0.968. The Morgan fingerprint density at radius 2 is 2.00 bits per heavy atom. The van der Waals surface area contributed by atoms with Gasteiger partial charge in [0, 0.05) is 6.54 Å². The lowest BCUT2D eigenvalue weighted by Gasteiger charge is -2.27. The van der Waals surface area contributed by atoms with Crippen molar-refractivity contribution in [3.63, 3.8) is 0 Å². The van der Waals surface area contributed by atoms with Crippen LogP contribution < -0.4 is 5.32 Å². The molecule has 1 aromatic rings. The van der Waals surface area contributed by atoms with Crippen molar-refractivity contribution in [3.8, 4) is 0 Å². The summed E-state index contributed by atoms with van der Waals surface area (Å²) in [5.74, 6) is -1.86. The third-order valence-corrected chi connectivity index (χ3v) is 4.61. The van der Waals surface area contributed by atoms with Crippen LogP contribution in [-0.4, -0.2) is 65.7 Å². The SMILES string of the molecule is CCOC(=O)[C@H](COCc1ccccc1)N[C@@H](C)C(=O)N1CCC[C@H]1C(=O)O. The Labute approximate surface area is 164 Å². The van der Waals surface area contributed by atoms with Crippen molar-refractivity contribution in [1.29, 1.82) is 0 Å². The summed E-state index contributed by atoms with van der Waals surface area (Å²) in [6, 6.07) is 7.15. The van der Waals surface area contributed by atoms with E-state index in [9.17, 15) is 19.5 Å². The third kappa shape index (κ3) is 6.03. The van der Waals surface area contributed by atoms with E-state index >= 15 is 0 Å². The normalized spacial score (nSPS) is 18.5. The number of rotatable bonds is 10. The van der Waals surface area contributed by atoms with Gasteiger partial charge in [0.1, 0.15) is 12.1 Å². The zero-order valence-corrected chi connectivity index (χ0v) is 16.3. The molecule has 3 atom stereocenters. The van der Waals surface area contributed by atoms with Crippen LogP contribution >= 0.6 is 0 Å². The molecule has 2 rings (SSSR count). The maximum Gasteiger partial charge on any atom is 0.326 e. The Hall–Kier alpha value is -2.45. The number of amides is 1. The van der Waals surface area contributed by atoms with E-state index in [0.29, 0.717) is 26.0 Å². The van der Waals surface area contributed by atoms with Gasteiger partial charge in [-0.3, -0.25) is 14.9 Å². The van der Waals surface area contributed by atoms with Crippen LogP contribution in [0.3, 0.4) is 0 Å². The minimum absolute atomic E-state index is 0.0354. The van der Waals surface area contributed by atoms with Gasteiger partial charge in [0.15, 0.2) is 0 Å². The number of carbonyl (C=O) groups excluding carboxylic acids is 2. The fourth-order valence-electron chi connectivity index (χ4n) is 3.20. The number of nitrogens with one attached hydrogen (secondary N) is 1. The highest BCUT2D eigenvalue weighted by molar-refractivity contribution is 5.88. The number of carboxylic acids is 1. The van der Waals surface area contributed by atoms with Crippen molar-refractivity contribution in [2.24, 2.45) is 0 Å². The third-order valence-electron chi connectivity index (χ3n) is 4.61. The minimum Gasteiger partial charge on any atom is -0.480 e. The Kier molecular flexibility index (Phi) is 8.41. The van der Waals surface area contributed by atoms with Crippen LogP contribution in [0.25, 0.3) is 0 Å². The summed E-state index contributed by atoms with van der Waals surface area (Å²) in [6.07, 6.45) is 1.09. The maximum atomic E-state index is 12.7. The summed E-state index contributed by atoms with van der Waals surface area (Å²) >= 11 is 0. The molecule has 8 nitrogen and oxygen atoms in total. The van der Waals surface area contributed by atoms with Gasteiger partial charge in [-0.1, -0.05) is 30.3 Å². The van der Waals surface area contributed by atoms with Gasteiger partial charge in [0.05, 0.1) is 25.9 Å². The Bertz CT molecular complexity index is 666. The van der Waals surface area contributed by atoms with E-state index in [-0.39, 0.29) is 19.1 Å². The molecule has 0 spiro atoms. The molecule has 1 aliphatic rings. The monoisotopic (exact) mass is 392 g/mol. The number of hydrogen-bond acceptors (Lipinski definition) is 6. The Balaban J connectivity index is 1.95. The Morgan fingerprint density at radius 1 is 1.29 bits per heavy atom. The van der Waals surface area contributed by atoms with Crippen molar-refractivity contribution < 1.29 is 29.0 Å². The summed E-state index contributed by atoms with van der Waals surface area (Å²) in [6.45, 7) is 4.29. The smallest absolute Gasteiger partial charge is 0.326 e. The van der Waals surface area contributed by atoms with Gasteiger partial charge in [-0.2, -0.15) is 0 Å². The van der Waals surface area contributed by atoms with Crippen LogP contribution in [0.4, 0.5) is 0 Å². The van der Waals surface area contributed by atoms with Crippen LogP contribution in [0.1, 0.15) is 32.3 Å². The average Bonchev–Trinajstić information content (AvgIpc) is 3.17. The number of esters is 1. The first-order valence-electron chi connectivity index (χ1n) is 9.51.